The Morgan fingerprint density at radius 3 is 2.30 bits per heavy atom. The summed E-state index contributed by atoms with van der Waals surface area (Å²) >= 11 is 0. The lowest BCUT2D eigenvalue weighted by Gasteiger charge is -2.35. The number of aryl methyl sites for hydroxylation is 2. The Morgan fingerprint density at radius 2 is 1.73 bits per heavy atom. The van der Waals surface area contributed by atoms with Crippen LogP contribution in [0.5, 0.6) is 0 Å². The lowest BCUT2D eigenvalue weighted by atomic mass is 10.0. The standard InChI is InChI=1S/C24H35N3O3/c1-17-5-7-18(8-6-17)9-10-21(28)25-20-11-13-26(14-12-20)23(30)19-15-22(29)27(16-19)24(2,3)4/h5-8,19-20H,9-16H2,1-4H3,(H,25,28). The molecule has 3 rings (SSSR count). The maximum absolute atomic E-state index is 12.9. The normalized spacial score (nSPS) is 20.5. The van der Waals surface area contributed by atoms with E-state index in [0.29, 0.717) is 32.5 Å². The predicted octanol–water partition coefficient (Wildman–Crippen LogP) is 2.68. The molecule has 0 saturated carbocycles. The predicted molar refractivity (Wildman–Crippen MR) is 117 cm³/mol. The Bertz CT molecular complexity index is 774. The van der Waals surface area contributed by atoms with Crippen molar-refractivity contribution in [2.24, 2.45) is 5.92 Å². The Kier molecular flexibility index (Phi) is 6.84. The number of likely N-dealkylation sites (tertiary alicyclic amines) is 2. The second kappa shape index (κ2) is 9.19. The fourth-order valence-electron chi connectivity index (χ4n) is 4.34. The van der Waals surface area contributed by atoms with Crippen LogP contribution in [-0.2, 0) is 20.8 Å². The molecule has 1 unspecified atom stereocenters. The van der Waals surface area contributed by atoms with Crippen LogP contribution in [0, 0.1) is 12.8 Å². The van der Waals surface area contributed by atoms with Crippen molar-refractivity contribution in [2.45, 2.75) is 71.4 Å². The van der Waals surface area contributed by atoms with Crippen LogP contribution in [0.25, 0.3) is 0 Å². The van der Waals surface area contributed by atoms with Gasteiger partial charge < -0.3 is 15.1 Å². The maximum Gasteiger partial charge on any atom is 0.227 e. The van der Waals surface area contributed by atoms with Crippen LogP contribution < -0.4 is 5.32 Å². The Morgan fingerprint density at radius 1 is 1.10 bits per heavy atom. The van der Waals surface area contributed by atoms with E-state index in [9.17, 15) is 14.4 Å². The number of rotatable bonds is 5. The molecule has 2 fully saturated rings. The van der Waals surface area contributed by atoms with E-state index in [0.717, 1.165) is 19.3 Å². The molecule has 3 amide bonds. The van der Waals surface area contributed by atoms with E-state index >= 15 is 0 Å². The zero-order valence-electron chi connectivity index (χ0n) is 18.7. The minimum Gasteiger partial charge on any atom is -0.353 e. The smallest absolute Gasteiger partial charge is 0.227 e. The maximum atomic E-state index is 12.9. The molecule has 0 spiro atoms. The molecule has 2 heterocycles. The van der Waals surface area contributed by atoms with E-state index in [-0.39, 0.29) is 35.2 Å². The van der Waals surface area contributed by atoms with Crippen molar-refractivity contribution >= 4 is 17.7 Å². The second-order valence-corrected chi connectivity index (χ2v) is 9.73. The quantitative estimate of drug-likeness (QED) is 0.807. The highest BCUT2D eigenvalue weighted by molar-refractivity contribution is 5.89. The van der Waals surface area contributed by atoms with Gasteiger partial charge in [0, 0.05) is 44.1 Å². The minimum atomic E-state index is -0.248. The molecule has 0 aliphatic carbocycles. The van der Waals surface area contributed by atoms with E-state index in [1.54, 1.807) is 0 Å². The number of amides is 3. The summed E-state index contributed by atoms with van der Waals surface area (Å²) in [6.45, 7) is 9.86. The van der Waals surface area contributed by atoms with E-state index in [2.05, 4.69) is 36.5 Å². The van der Waals surface area contributed by atoms with Crippen molar-refractivity contribution in [3.63, 3.8) is 0 Å². The number of nitrogens with one attached hydrogen (secondary N) is 1. The number of piperidine rings is 1. The molecule has 2 aliphatic rings. The number of benzene rings is 1. The van der Waals surface area contributed by atoms with Crippen molar-refractivity contribution in [1.29, 1.82) is 0 Å². The van der Waals surface area contributed by atoms with Crippen molar-refractivity contribution in [3.05, 3.63) is 35.4 Å². The number of hydrogen-bond donors (Lipinski definition) is 1. The van der Waals surface area contributed by atoms with E-state index in [1.165, 1.54) is 11.1 Å². The van der Waals surface area contributed by atoms with Gasteiger partial charge in [0.15, 0.2) is 0 Å². The molecule has 30 heavy (non-hydrogen) atoms. The van der Waals surface area contributed by atoms with Crippen LogP contribution in [0.4, 0.5) is 0 Å². The third-order valence-electron chi connectivity index (χ3n) is 6.22. The summed E-state index contributed by atoms with van der Waals surface area (Å²) in [6.07, 6.45) is 3.07. The molecule has 2 saturated heterocycles. The molecule has 1 aromatic carbocycles. The molecular formula is C24H35N3O3. The first-order chi connectivity index (χ1) is 14.1. The zero-order chi connectivity index (χ0) is 21.9. The highest BCUT2D eigenvalue weighted by Crippen LogP contribution is 2.28. The first-order valence-corrected chi connectivity index (χ1v) is 11.1. The summed E-state index contributed by atoms with van der Waals surface area (Å²) in [5.74, 6) is -0.0178. The molecule has 1 N–H and O–H groups in total. The largest absolute Gasteiger partial charge is 0.353 e. The Balaban J connectivity index is 1.41. The number of carbonyl (C=O) groups excluding carboxylic acids is 3. The minimum absolute atomic E-state index is 0.0663. The summed E-state index contributed by atoms with van der Waals surface area (Å²) in [5.41, 5.74) is 2.14. The number of hydrogen-bond acceptors (Lipinski definition) is 3. The van der Waals surface area contributed by atoms with Crippen LogP contribution >= 0.6 is 0 Å². The van der Waals surface area contributed by atoms with Gasteiger partial charge in [-0.05, 0) is 52.5 Å². The number of nitrogens with zero attached hydrogens (tertiary/aromatic N) is 2. The summed E-state index contributed by atoms with van der Waals surface area (Å²) in [4.78, 5) is 41.2. The van der Waals surface area contributed by atoms with Crippen molar-refractivity contribution in [3.8, 4) is 0 Å². The fraction of sp³-hybridized carbons (Fsp3) is 0.625. The molecule has 0 bridgehead atoms. The van der Waals surface area contributed by atoms with Gasteiger partial charge in [-0.2, -0.15) is 0 Å². The Hall–Kier alpha value is -2.37. The lowest BCUT2D eigenvalue weighted by molar-refractivity contribution is -0.137. The SMILES string of the molecule is Cc1ccc(CCC(=O)NC2CCN(C(=O)C3CC(=O)N(C(C)(C)C)C3)CC2)cc1. The molecule has 6 nitrogen and oxygen atoms in total. The van der Waals surface area contributed by atoms with E-state index < -0.39 is 0 Å². The fourth-order valence-corrected chi connectivity index (χ4v) is 4.34. The topological polar surface area (TPSA) is 69.7 Å². The monoisotopic (exact) mass is 413 g/mol. The van der Waals surface area contributed by atoms with Crippen molar-refractivity contribution < 1.29 is 14.4 Å². The third kappa shape index (κ3) is 5.61. The van der Waals surface area contributed by atoms with Crippen molar-refractivity contribution in [1.82, 2.24) is 15.1 Å². The van der Waals surface area contributed by atoms with Gasteiger partial charge >= 0.3 is 0 Å². The molecule has 2 aliphatic heterocycles. The van der Waals surface area contributed by atoms with E-state index in [1.807, 2.05) is 30.6 Å². The third-order valence-corrected chi connectivity index (χ3v) is 6.22. The highest BCUT2D eigenvalue weighted by atomic mass is 16.2. The average molecular weight is 414 g/mol. The summed E-state index contributed by atoms with van der Waals surface area (Å²) < 4.78 is 0. The van der Waals surface area contributed by atoms with Gasteiger partial charge in [-0.3, -0.25) is 14.4 Å². The van der Waals surface area contributed by atoms with Gasteiger partial charge in [-0.1, -0.05) is 29.8 Å². The van der Waals surface area contributed by atoms with Crippen LogP contribution in [0.2, 0.25) is 0 Å². The zero-order valence-corrected chi connectivity index (χ0v) is 18.7. The Labute approximate surface area is 180 Å². The lowest BCUT2D eigenvalue weighted by Crippen LogP contribution is -2.49. The molecular weight excluding hydrogens is 378 g/mol. The molecule has 0 aromatic heterocycles. The van der Waals surface area contributed by atoms with Gasteiger partial charge in [-0.15, -0.1) is 0 Å². The van der Waals surface area contributed by atoms with Crippen LogP contribution in [-0.4, -0.2) is 58.7 Å². The van der Waals surface area contributed by atoms with Gasteiger partial charge in [0.1, 0.15) is 0 Å². The van der Waals surface area contributed by atoms with Gasteiger partial charge in [0.05, 0.1) is 5.92 Å². The van der Waals surface area contributed by atoms with Gasteiger partial charge in [0.2, 0.25) is 17.7 Å². The molecule has 0 radical (unpaired) electrons. The van der Waals surface area contributed by atoms with Gasteiger partial charge in [0.25, 0.3) is 0 Å². The van der Waals surface area contributed by atoms with Crippen molar-refractivity contribution in [2.75, 3.05) is 19.6 Å². The van der Waals surface area contributed by atoms with Crippen LogP contribution in [0.15, 0.2) is 24.3 Å². The number of carbonyl (C=O) groups is 3. The molecule has 1 aromatic rings. The van der Waals surface area contributed by atoms with Crippen LogP contribution in [0.1, 0.15) is 57.6 Å². The second-order valence-electron chi connectivity index (χ2n) is 9.73. The summed E-state index contributed by atoms with van der Waals surface area (Å²) in [6, 6.07) is 8.40. The first-order valence-electron chi connectivity index (χ1n) is 11.1. The van der Waals surface area contributed by atoms with Gasteiger partial charge in [-0.25, -0.2) is 0 Å². The van der Waals surface area contributed by atoms with E-state index in [4.69, 9.17) is 0 Å². The summed E-state index contributed by atoms with van der Waals surface area (Å²) in [7, 11) is 0. The highest BCUT2D eigenvalue weighted by Gasteiger charge is 2.41. The molecule has 1 atom stereocenters. The summed E-state index contributed by atoms with van der Waals surface area (Å²) in [5, 5.41) is 3.12. The molecule has 6 heteroatoms. The average Bonchev–Trinajstić information content (AvgIpc) is 3.10. The van der Waals surface area contributed by atoms with Crippen LogP contribution in [0.3, 0.4) is 0 Å². The first kappa shape index (κ1) is 22.3. The molecule has 164 valence electrons.